The van der Waals surface area contributed by atoms with Gasteiger partial charge in [-0.05, 0) is 0 Å². The summed E-state index contributed by atoms with van der Waals surface area (Å²) in [6.07, 6.45) is 6.33. The number of imidazole rings is 1. The Hall–Kier alpha value is -1.65. The van der Waals surface area contributed by atoms with Crippen LogP contribution >= 0.6 is 0 Å². The minimum atomic E-state index is -0.592. The zero-order valence-electron chi connectivity index (χ0n) is 10.2. The molecule has 0 bridgehead atoms. The van der Waals surface area contributed by atoms with Gasteiger partial charge in [0.1, 0.15) is 0 Å². The number of rotatable bonds is 4. The first-order chi connectivity index (χ1) is 8.89. The van der Waals surface area contributed by atoms with Crippen molar-refractivity contribution in [2.45, 2.75) is 18.8 Å². The van der Waals surface area contributed by atoms with Crippen molar-refractivity contribution in [1.29, 1.82) is 0 Å². The zero-order valence-corrected chi connectivity index (χ0v) is 10.2. The fourth-order valence-corrected chi connectivity index (χ4v) is 2.30. The summed E-state index contributed by atoms with van der Waals surface area (Å²) in [5, 5.41) is 0. The van der Waals surface area contributed by atoms with Gasteiger partial charge in [0.05, 0.1) is 19.5 Å². The molecule has 3 rings (SSSR count). The number of aromatic nitrogens is 2. The molecular weight excluding hydrogens is 228 g/mol. The lowest BCUT2D eigenvalue weighted by atomic mass is 10.0. The van der Waals surface area contributed by atoms with Crippen molar-refractivity contribution in [3.63, 3.8) is 0 Å². The third-order valence-electron chi connectivity index (χ3n) is 3.23. The standard InChI is InChI=1S/C14H16N2O2/c1-2-4-13(5-3-1)14(17-10-11-18-14)6-8-16-9-7-15-12-16/h1-5,7,9,12H,6,8,10-11H2. The van der Waals surface area contributed by atoms with E-state index in [-0.39, 0.29) is 0 Å². The molecule has 0 N–H and O–H groups in total. The Bertz CT molecular complexity index is 476. The van der Waals surface area contributed by atoms with Gasteiger partial charge >= 0.3 is 0 Å². The number of ether oxygens (including phenoxy) is 2. The predicted molar refractivity (Wildman–Crippen MR) is 66.9 cm³/mol. The van der Waals surface area contributed by atoms with Gasteiger partial charge in [-0.2, -0.15) is 0 Å². The van der Waals surface area contributed by atoms with Crippen LogP contribution in [-0.2, 0) is 21.8 Å². The first kappa shape index (κ1) is 11.4. The van der Waals surface area contributed by atoms with Crippen molar-refractivity contribution < 1.29 is 9.47 Å². The summed E-state index contributed by atoms with van der Waals surface area (Å²) in [5.41, 5.74) is 1.09. The maximum atomic E-state index is 5.87. The number of hydrogen-bond donors (Lipinski definition) is 0. The Morgan fingerprint density at radius 3 is 2.61 bits per heavy atom. The fraction of sp³-hybridized carbons (Fsp3) is 0.357. The second-order valence-electron chi connectivity index (χ2n) is 4.37. The lowest BCUT2D eigenvalue weighted by Gasteiger charge is -2.28. The normalized spacial score (nSPS) is 18.0. The maximum Gasteiger partial charge on any atom is 0.196 e. The van der Waals surface area contributed by atoms with Gasteiger partial charge in [-0.25, -0.2) is 4.98 Å². The van der Waals surface area contributed by atoms with E-state index < -0.39 is 5.79 Å². The third-order valence-corrected chi connectivity index (χ3v) is 3.23. The van der Waals surface area contributed by atoms with E-state index in [1.54, 1.807) is 6.20 Å². The van der Waals surface area contributed by atoms with E-state index in [4.69, 9.17) is 9.47 Å². The van der Waals surface area contributed by atoms with E-state index in [0.717, 1.165) is 18.5 Å². The molecule has 1 aromatic heterocycles. The van der Waals surface area contributed by atoms with Crippen LogP contribution in [0, 0.1) is 0 Å². The molecule has 2 aromatic rings. The Morgan fingerprint density at radius 2 is 1.94 bits per heavy atom. The molecule has 1 aromatic carbocycles. The summed E-state index contributed by atoms with van der Waals surface area (Å²) in [5.74, 6) is -0.592. The van der Waals surface area contributed by atoms with Crippen molar-refractivity contribution in [1.82, 2.24) is 9.55 Å². The lowest BCUT2D eigenvalue weighted by molar-refractivity contribution is -0.172. The summed E-state index contributed by atoms with van der Waals surface area (Å²) < 4.78 is 13.8. The molecule has 1 fully saturated rings. The van der Waals surface area contributed by atoms with Crippen LogP contribution in [0.4, 0.5) is 0 Å². The van der Waals surface area contributed by atoms with Crippen LogP contribution in [0.1, 0.15) is 12.0 Å². The number of nitrogens with zero attached hydrogens (tertiary/aromatic N) is 2. The van der Waals surface area contributed by atoms with Crippen LogP contribution in [0.2, 0.25) is 0 Å². The van der Waals surface area contributed by atoms with Gasteiger partial charge in [-0.1, -0.05) is 30.3 Å². The largest absolute Gasteiger partial charge is 0.343 e. The first-order valence-electron chi connectivity index (χ1n) is 6.18. The SMILES string of the molecule is c1ccc(C2(CCn3ccnc3)OCCO2)cc1. The number of hydrogen-bond acceptors (Lipinski definition) is 3. The van der Waals surface area contributed by atoms with Crippen LogP contribution in [0.25, 0.3) is 0 Å². The second kappa shape index (κ2) is 4.92. The summed E-state index contributed by atoms with van der Waals surface area (Å²) >= 11 is 0. The Balaban J connectivity index is 1.79. The van der Waals surface area contributed by atoms with Crippen LogP contribution in [0.3, 0.4) is 0 Å². The molecule has 0 unspecified atom stereocenters. The molecular formula is C14H16N2O2. The quantitative estimate of drug-likeness (QED) is 0.827. The topological polar surface area (TPSA) is 36.3 Å². The molecule has 4 nitrogen and oxygen atoms in total. The summed E-state index contributed by atoms with van der Waals surface area (Å²) in [4.78, 5) is 4.04. The van der Waals surface area contributed by atoms with Gasteiger partial charge in [0.15, 0.2) is 5.79 Å². The summed E-state index contributed by atoms with van der Waals surface area (Å²) in [7, 11) is 0. The van der Waals surface area contributed by atoms with E-state index in [9.17, 15) is 0 Å². The monoisotopic (exact) mass is 244 g/mol. The van der Waals surface area contributed by atoms with Gasteiger partial charge < -0.3 is 14.0 Å². The van der Waals surface area contributed by atoms with E-state index in [1.807, 2.05) is 35.3 Å². The molecule has 94 valence electrons. The molecule has 18 heavy (non-hydrogen) atoms. The molecule has 0 aliphatic carbocycles. The summed E-state index contributed by atoms with van der Waals surface area (Å²) in [6, 6.07) is 10.1. The lowest BCUT2D eigenvalue weighted by Crippen LogP contribution is -2.28. The molecule has 0 spiro atoms. The van der Waals surface area contributed by atoms with Crippen molar-refractivity contribution in [3.8, 4) is 0 Å². The van der Waals surface area contributed by atoms with Gasteiger partial charge in [-0.15, -0.1) is 0 Å². The first-order valence-corrected chi connectivity index (χ1v) is 6.18. The van der Waals surface area contributed by atoms with Crippen molar-refractivity contribution in [2.75, 3.05) is 13.2 Å². The highest BCUT2D eigenvalue weighted by Gasteiger charge is 2.37. The Kier molecular flexibility index (Phi) is 3.13. The van der Waals surface area contributed by atoms with Crippen molar-refractivity contribution in [3.05, 3.63) is 54.6 Å². The van der Waals surface area contributed by atoms with E-state index in [1.165, 1.54) is 0 Å². The van der Waals surface area contributed by atoms with Crippen molar-refractivity contribution in [2.24, 2.45) is 0 Å². The smallest absolute Gasteiger partial charge is 0.196 e. The highest BCUT2D eigenvalue weighted by atomic mass is 16.7. The number of aryl methyl sites for hydroxylation is 1. The molecule has 2 heterocycles. The highest BCUT2D eigenvalue weighted by molar-refractivity contribution is 5.20. The molecule has 4 heteroatoms. The molecule has 1 saturated heterocycles. The fourth-order valence-electron chi connectivity index (χ4n) is 2.30. The molecule has 1 aliphatic heterocycles. The van der Waals surface area contributed by atoms with Crippen molar-refractivity contribution >= 4 is 0 Å². The van der Waals surface area contributed by atoms with E-state index in [0.29, 0.717) is 13.2 Å². The molecule has 0 amide bonds. The predicted octanol–water partition coefficient (Wildman–Crippen LogP) is 2.17. The van der Waals surface area contributed by atoms with Gasteiger partial charge in [0.25, 0.3) is 0 Å². The average Bonchev–Trinajstić information content (AvgIpc) is 3.10. The minimum absolute atomic E-state index is 0.592. The average molecular weight is 244 g/mol. The number of benzene rings is 1. The van der Waals surface area contributed by atoms with Gasteiger partial charge in [0, 0.05) is 30.9 Å². The third kappa shape index (κ3) is 2.17. The van der Waals surface area contributed by atoms with Crippen LogP contribution < -0.4 is 0 Å². The second-order valence-corrected chi connectivity index (χ2v) is 4.37. The van der Waals surface area contributed by atoms with E-state index in [2.05, 4.69) is 17.1 Å². The van der Waals surface area contributed by atoms with Gasteiger partial charge in [0.2, 0.25) is 0 Å². The highest BCUT2D eigenvalue weighted by Crippen LogP contribution is 2.35. The Labute approximate surface area is 106 Å². The zero-order chi connectivity index (χ0) is 12.3. The maximum absolute atomic E-state index is 5.87. The van der Waals surface area contributed by atoms with E-state index >= 15 is 0 Å². The molecule has 0 atom stereocenters. The molecule has 0 radical (unpaired) electrons. The van der Waals surface area contributed by atoms with Gasteiger partial charge in [-0.3, -0.25) is 0 Å². The van der Waals surface area contributed by atoms with Crippen LogP contribution in [0.15, 0.2) is 49.1 Å². The summed E-state index contributed by atoms with van der Waals surface area (Å²) in [6.45, 7) is 2.13. The Morgan fingerprint density at radius 1 is 1.17 bits per heavy atom. The van der Waals surface area contributed by atoms with Crippen LogP contribution in [-0.4, -0.2) is 22.8 Å². The molecule has 0 saturated carbocycles. The molecule has 1 aliphatic rings. The van der Waals surface area contributed by atoms with Crippen LogP contribution in [0.5, 0.6) is 0 Å². The minimum Gasteiger partial charge on any atom is -0.343 e.